The van der Waals surface area contributed by atoms with Gasteiger partial charge in [0.2, 0.25) is 5.95 Å². The second kappa shape index (κ2) is 14.2. The average molecular weight is 356 g/mol. The molecule has 5 nitrogen and oxygen atoms in total. The van der Waals surface area contributed by atoms with Gasteiger partial charge in [-0.1, -0.05) is 63.2 Å². The van der Waals surface area contributed by atoms with Crippen LogP contribution in [0.15, 0.2) is 35.7 Å². The normalized spacial score (nSPS) is 9.13. The molecule has 0 aliphatic heterocycles. The van der Waals surface area contributed by atoms with Crippen LogP contribution in [-0.2, 0) is 5.75 Å². The molecule has 1 aromatic carbocycles. The highest BCUT2D eigenvalue weighted by atomic mass is 35.5. The van der Waals surface area contributed by atoms with Gasteiger partial charge in [-0.05, 0) is 17.7 Å². The van der Waals surface area contributed by atoms with E-state index >= 15 is 0 Å². The Balaban J connectivity index is 0.00000112. The minimum absolute atomic E-state index is 0.541. The monoisotopic (exact) mass is 355 g/mol. The van der Waals surface area contributed by atoms with E-state index in [0.717, 1.165) is 10.8 Å². The van der Waals surface area contributed by atoms with Crippen molar-refractivity contribution in [1.29, 1.82) is 0 Å². The van der Waals surface area contributed by atoms with Gasteiger partial charge < -0.3 is 11.1 Å². The first-order valence-corrected chi connectivity index (χ1v) is 9.14. The Morgan fingerprint density at radius 1 is 1.09 bits per heavy atom. The molecule has 128 valence electrons. The van der Waals surface area contributed by atoms with Gasteiger partial charge in [-0.3, -0.25) is 0 Å². The van der Waals surface area contributed by atoms with Crippen LogP contribution in [0.4, 0.5) is 5.95 Å². The maximum atomic E-state index is 5.84. The number of hydrogen-bond acceptors (Lipinski definition) is 6. The number of anilines is 1. The van der Waals surface area contributed by atoms with E-state index < -0.39 is 0 Å². The van der Waals surface area contributed by atoms with E-state index in [-0.39, 0.29) is 0 Å². The molecule has 0 amide bonds. The van der Waals surface area contributed by atoms with E-state index in [1.54, 1.807) is 11.8 Å². The fourth-order valence-corrected chi connectivity index (χ4v) is 2.24. The van der Waals surface area contributed by atoms with Gasteiger partial charge in [0.25, 0.3) is 0 Å². The van der Waals surface area contributed by atoms with E-state index in [2.05, 4.69) is 20.3 Å². The second-order valence-corrected chi connectivity index (χ2v) is 5.10. The molecule has 0 saturated heterocycles. The van der Waals surface area contributed by atoms with Gasteiger partial charge in [0.15, 0.2) is 5.16 Å². The molecule has 0 fully saturated rings. The summed E-state index contributed by atoms with van der Waals surface area (Å²) < 4.78 is 0. The Kier molecular flexibility index (Phi) is 13.4. The molecular weight excluding hydrogens is 330 g/mol. The van der Waals surface area contributed by atoms with E-state index in [9.17, 15) is 0 Å². The Labute approximate surface area is 148 Å². The summed E-state index contributed by atoms with van der Waals surface area (Å²) in [7, 11) is 0. The molecule has 0 aliphatic carbocycles. The summed E-state index contributed by atoms with van der Waals surface area (Å²) in [4.78, 5) is 12.4. The molecule has 1 aromatic heterocycles. The zero-order chi connectivity index (χ0) is 17.5. The standard InChI is InChI=1S/C12H14ClN5S.2C2H6/c13-10-3-1-9(2-4-10)7-19-12-17-8-16-11(18-12)15-6-5-14;2*1-2/h1-4,8H,5-7,14H2,(H,15,16,17,18);2*1-2H3. The molecule has 0 atom stereocenters. The van der Waals surface area contributed by atoms with Crippen molar-refractivity contribution in [2.75, 3.05) is 18.4 Å². The van der Waals surface area contributed by atoms with Crippen molar-refractivity contribution in [3.8, 4) is 0 Å². The lowest BCUT2D eigenvalue weighted by atomic mass is 10.2. The van der Waals surface area contributed by atoms with Crippen molar-refractivity contribution >= 4 is 29.3 Å². The third-order valence-corrected chi connectivity index (χ3v) is 3.44. The Bertz CT molecular complexity index is 522. The number of hydrogen-bond donors (Lipinski definition) is 2. The smallest absolute Gasteiger partial charge is 0.226 e. The summed E-state index contributed by atoms with van der Waals surface area (Å²) in [5.41, 5.74) is 6.58. The maximum Gasteiger partial charge on any atom is 0.226 e. The molecule has 23 heavy (non-hydrogen) atoms. The van der Waals surface area contributed by atoms with Crippen LogP contribution in [0, 0.1) is 0 Å². The first-order chi connectivity index (χ1) is 11.3. The van der Waals surface area contributed by atoms with Crippen LogP contribution in [0.1, 0.15) is 33.3 Å². The van der Waals surface area contributed by atoms with Crippen LogP contribution >= 0.6 is 23.4 Å². The topological polar surface area (TPSA) is 76.7 Å². The van der Waals surface area contributed by atoms with Gasteiger partial charge in [-0.25, -0.2) is 9.97 Å². The van der Waals surface area contributed by atoms with Crippen molar-refractivity contribution < 1.29 is 0 Å². The van der Waals surface area contributed by atoms with Gasteiger partial charge >= 0.3 is 0 Å². The number of halogens is 1. The van der Waals surface area contributed by atoms with Gasteiger partial charge in [0.1, 0.15) is 6.33 Å². The number of nitrogens with two attached hydrogens (primary N) is 1. The van der Waals surface area contributed by atoms with Crippen molar-refractivity contribution in [2.45, 2.75) is 38.6 Å². The van der Waals surface area contributed by atoms with Crippen molar-refractivity contribution in [2.24, 2.45) is 5.73 Å². The Morgan fingerprint density at radius 3 is 2.35 bits per heavy atom. The first kappa shape index (κ1) is 21.6. The summed E-state index contributed by atoms with van der Waals surface area (Å²) in [6.45, 7) is 9.18. The third kappa shape index (κ3) is 9.38. The Morgan fingerprint density at radius 2 is 1.74 bits per heavy atom. The minimum atomic E-state index is 0.541. The summed E-state index contributed by atoms with van der Waals surface area (Å²) in [6.07, 6.45) is 1.50. The predicted molar refractivity (Wildman–Crippen MR) is 101 cm³/mol. The van der Waals surface area contributed by atoms with Crippen molar-refractivity contribution in [1.82, 2.24) is 15.0 Å². The van der Waals surface area contributed by atoms with Crippen LogP contribution in [0.25, 0.3) is 0 Å². The fraction of sp³-hybridized carbons (Fsp3) is 0.438. The zero-order valence-corrected chi connectivity index (χ0v) is 15.8. The molecule has 2 aromatic rings. The number of nitrogens with one attached hydrogen (secondary N) is 1. The van der Waals surface area contributed by atoms with Gasteiger partial charge in [0.05, 0.1) is 0 Å². The first-order valence-electron chi connectivity index (χ1n) is 7.78. The largest absolute Gasteiger partial charge is 0.353 e. The summed E-state index contributed by atoms with van der Waals surface area (Å²) in [6, 6.07) is 7.73. The lowest BCUT2D eigenvalue weighted by molar-refractivity contribution is 0.886. The molecule has 1 heterocycles. The molecule has 2 rings (SSSR count). The lowest BCUT2D eigenvalue weighted by Gasteiger charge is -2.04. The number of thioether (sulfide) groups is 1. The summed E-state index contributed by atoms with van der Waals surface area (Å²) >= 11 is 7.39. The van der Waals surface area contributed by atoms with Crippen LogP contribution in [0.5, 0.6) is 0 Å². The minimum Gasteiger partial charge on any atom is -0.353 e. The molecule has 0 aliphatic rings. The second-order valence-electron chi connectivity index (χ2n) is 3.72. The molecule has 0 saturated carbocycles. The maximum absolute atomic E-state index is 5.84. The van der Waals surface area contributed by atoms with E-state index in [1.807, 2.05) is 52.0 Å². The number of nitrogens with zero attached hydrogens (tertiary/aromatic N) is 3. The van der Waals surface area contributed by atoms with Crippen molar-refractivity contribution in [3.05, 3.63) is 41.2 Å². The molecule has 0 unspecified atom stereocenters. The molecular formula is C16H26ClN5S. The zero-order valence-electron chi connectivity index (χ0n) is 14.2. The quantitative estimate of drug-likeness (QED) is 0.754. The SMILES string of the molecule is CC.CC.NCCNc1ncnc(SCc2ccc(Cl)cc2)n1. The number of benzene rings is 1. The molecule has 7 heteroatoms. The van der Waals surface area contributed by atoms with Crippen LogP contribution < -0.4 is 11.1 Å². The van der Waals surface area contributed by atoms with Crippen LogP contribution in [-0.4, -0.2) is 28.0 Å². The highest BCUT2D eigenvalue weighted by Crippen LogP contribution is 2.20. The van der Waals surface area contributed by atoms with Crippen LogP contribution in [0.2, 0.25) is 5.02 Å². The molecule has 0 bridgehead atoms. The van der Waals surface area contributed by atoms with Gasteiger partial charge in [-0.2, -0.15) is 4.98 Å². The highest BCUT2D eigenvalue weighted by molar-refractivity contribution is 7.98. The molecule has 0 radical (unpaired) electrons. The number of rotatable bonds is 6. The predicted octanol–water partition coefficient (Wildman–Crippen LogP) is 4.24. The fourth-order valence-electron chi connectivity index (χ4n) is 1.35. The highest BCUT2D eigenvalue weighted by Gasteiger charge is 2.02. The van der Waals surface area contributed by atoms with Crippen molar-refractivity contribution in [3.63, 3.8) is 0 Å². The lowest BCUT2D eigenvalue weighted by Crippen LogP contribution is -2.15. The molecule has 0 spiro atoms. The van der Waals surface area contributed by atoms with E-state index in [1.165, 1.54) is 11.9 Å². The van der Waals surface area contributed by atoms with E-state index in [4.69, 9.17) is 17.3 Å². The van der Waals surface area contributed by atoms with Gasteiger partial charge in [-0.15, -0.1) is 0 Å². The van der Waals surface area contributed by atoms with Crippen LogP contribution in [0.3, 0.4) is 0 Å². The third-order valence-electron chi connectivity index (χ3n) is 2.26. The van der Waals surface area contributed by atoms with E-state index in [0.29, 0.717) is 24.2 Å². The van der Waals surface area contributed by atoms with Gasteiger partial charge in [0, 0.05) is 23.9 Å². The summed E-state index contributed by atoms with van der Waals surface area (Å²) in [5.74, 6) is 1.34. The molecule has 3 N–H and O–H groups in total. The Hall–Kier alpha value is -1.37. The average Bonchev–Trinajstić information content (AvgIpc) is 2.63. The summed E-state index contributed by atoms with van der Waals surface area (Å²) in [5, 5.41) is 4.45. The number of aromatic nitrogens is 3.